The Hall–Kier alpha value is -3.51. The summed E-state index contributed by atoms with van der Waals surface area (Å²) in [4.78, 5) is 17.6. The molecule has 0 amide bonds. The maximum Gasteiger partial charge on any atom is 0.129 e. The Morgan fingerprint density at radius 1 is 0.970 bits per heavy atom. The molecule has 33 heavy (non-hydrogen) atoms. The normalized spacial score (nSPS) is 16.1. The van der Waals surface area contributed by atoms with Gasteiger partial charge in [-0.05, 0) is 60.3 Å². The highest BCUT2D eigenvalue weighted by Crippen LogP contribution is 2.25. The second-order valence-corrected chi connectivity index (χ2v) is 8.31. The lowest BCUT2D eigenvalue weighted by atomic mass is 10.0. The maximum absolute atomic E-state index is 4.44. The van der Waals surface area contributed by atoms with Gasteiger partial charge in [0.25, 0.3) is 0 Å². The molecule has 6 heteroatoms. The van der Waals surface area contributed by atoms with Gasteiger partial charge in [0.1, 0.15) is 11.6 Å². The van der Waals surface area contributed by atoms with Crippen molar-refractivity contribution in [2.75, 3.05) is 50.5 Å². The summed E-state index contributed by atoms with van der Waals surface area (Å²) in [6.07, 6.45) is 12.7. The van der Waals surface area contributed by atoms with Gasteiger partial charge in [0.05, 0.1) is 0 Å². The van der Waals surface area contributed by atoms with Crippen LogP contribution in [0.5, 0.6) is 0 Å². The summed E-state index contributed by atoms with van der Waals surface area (Å²) in [5.41, 5.74) is 3.74. The second-order valence-electron chi connectivity index (χ2n) is 8.31. The van der Waals surface area contributed by atoms with Crippen LogP contribution in [0.1, 0.15) is 24.5 Å². The first-order valence-electron chi connectivity index (χ1n) is 11.5. The Morgan fingerprint density at radius 3 is 2.55 bits per heavy atom. The highest BCUT2D eigenvalue weighted by atomic mass is 15.3. The predicted molar refractivity (Wildman–Crippen MR) is 141 cm³/mol. The average Bonchev–Trinajstić information content (AvgIpc) is 3.40. The number of anilines is 2. The topological polar surface area (TPSA) is 56.7 Å². The van der Waals surface area contributed by atoms with E-state index in [0.29, 0.717) is 0 Å². The first-order valence-corrected chi connectivity index (χ1v) is 11.5. The Morgan fingerprint density at radius 2 is 1.82 bits per heavy atom. The monoisotopic (exact) mass is 440 g/mol. The molecule has 0 bridgehead atoms. The summed E-state index contributed by atoms with van der Waals surface area (Å²) in [5, 5.41) is 5.42. The van der Waals surface area contributed by atoms with E-state index in [0.717, 1.165) is 49.6 Å². The quantitative estimate of drug-likeness (QED) is 0.622. The van der Waals surface area contributed by atoms with Crippen molar-refractivity contribution >= 4 is 40.3 Å². The molecule has 4 heterocycles. The van der Waals surface area contributed by atoms with Crippen molar-refractivity contribution in [2.45, 2.75) is 13.3 Å². The zero-order valence-electron chi connectivity index (χ0n) is 19.7. The molecular weight excluding hydrogens is 408 g/mol. The van der Waals surface area contributed by atoms with Crippen molar-refractivity contribution in [1.29, 1.82) is 0 Å². The number of allylic oxidation sites excluding steroid dienone is 2. The molecule has 1 N–H and O–H groups in total. The molecule has 5 rings (SSSR count). The third-order valence-corrected chi connectivity index (χ3v) is 5.95. The standard InChI is InChI=1S/C14H13N3.C13H19N3/c1-15-14-7-13-6-10(12-4-5-16-8-12)2-3-11(13)9-17-14;1-3-4-12-5-6-14-13(11-12)16-9-7-15(2)8-10-16/h2-3,5-9H,4H2,1H3,(H,15,17);3-6,11H,7-10H2,1-2H3/b;4-3-. The van der Waals surface area contributed by atoms with Crippen LogP contribution in [0.4, 0.5) is 11.6 Å². The van der Waals surface area contributed by atoms with Crippen LogP contribution in [-0.2, 0) is 0 Å². The molecule has 3 aromatic rings. The SMILES string of the molecule is C/C=C\c1ccnc(N2CCN(C)CC2)c1.CNc1cc2cc(C3=CN=CC3)ccc2cn1. The number of pyridine rings is 2. The van der Waals surface area contributed by atoms with Crippen LogP contribution in [0.2, 0.25) is 0 Å². The van der Waals surface area contributed by atoms with Gasteiger partial charge in [0, 0.05) is 69.8 Å². The number of aliphatic imine (C=N–C) groups is 1. The lowest BCUT2D eigenvalue weighted by molar-refractivity contribution is 0.312. The van der Waals surface area contributed by atoms with Crippen LogP contribution < -0.4 is 10.2 Å². The molecule has 1 fully saturated rings. The molecule has 0 radical (unpaired) electrons. The Kier molecular flexibility index (Phi) is 7.47. The summed E-state index contributed by atoms with van der Waals surface area (Å²) in [7, 11) is 4.05. The number of aromatic nitrogens is 2. The van der Waals surface area contributed by atoms with Crippen molar-refractivity contribution in [1.82, 2.24) is 14.9 Å². The van der Waals surface area contributed by atoms with Crippen LogP contribution in [-0.4, -0.2) is 61.4 Å². The minimum absolute atomic E-state index is 0.895. The second kappa shape index (κ2) is 10.9. The molecular formula is C27H32N6. The van der Waals surface area contributed by atoms with Gasteiger partial charge >= 0.3 is 0 Å². The highest BCUT2D eigenvalue weighted by Gasteiger charge is 2.14. The number of benzene rings is 1. The number of piperazine rings is 1. The number of nitrogens with zero attached hydrogens (tertiary/aromatic N) is 5. The lowest BCUT2D eigenvalue weighted by Crippen LogP contribution is -2.44. The number of rotatable bonds is 4. The van der Waals surface area contributed by atoms with Gasteiger partial charge in [0.2, 0.25) is 0 Å². The zero-order chi connectivity index (χ0) is 23.0. The van der Waals surface area contributed by atoms with Gasteiger partial charge in [-0.1, -0.05) is 24.3 Å². The molecule has 1 saturated heterocycles. The Balaban J connectivity index is 0.000000157. The van der Waals surface area contributed by atoms with E-state index in [9.17, 15) is 0 Å². The first kappa shape index (κ1) is 22.7. The van der Waals surface area contributed by atoms with Crippen LogP contribution in [0, 0.1) is 0 Å². The third-order valence-electron chi connectivity index (χ3n) is 5.95. The van der Waals surface area contributed by atoms with Crippen LogP contribution >= 0.6 is 0 Å². The van der Waals surface area contributed by atoms with E-state index in [1.54, 1.807) is 0 Å². The molecule has 170 valence electrons. The van der Waals surface area contributed by atoms with E-state index in [1.807, 2.05) is 44.8 Å². The molecule has 0 aliphatic carbocycles. The molecule has 0 atom stereocenters. The molecule has 2 aromatic heterocycles. The van der Waals surface area contributed by atoms with Gasteiger partial charge in [-0.3, -0.25) is 4.99 Å². The average molecular weight is 441 g/mol. The molecule has 6 nitrogen and oxygen atoms in total. The van der Waals surface area contributed by atoms with Gasteiger partial charge in [-0.25, -0.2) is 9.97 Å². The van der Waals surface area contributed by atoms with Crippen molar-refractivity contribution in [3.63, 3.8) is 0 Å². The fraction of sp³-hybridized carbons (Fsp3) is 0.296. The molecule has 0 saturated carbocycles. The summed E-state index contributed by atoms with van der Waals surface area (Å²) in [6, 6.07) is 12.7. The van der Waals surface area contributed by atoms with E-state index in [4.69, 9.17) is 0 Å². The van der Waals surface area contributed by atoms with E-state index in [2.05, 4.69) is 79.6 Å². The molecule has 1 aromatic carbocycles. The van der Waals surface area contributed by atoms with Crippen molar-refractivity contribution in [3.8, 4) is 0 Å². The Bertz CT molecular complexity index is 1170. The van der Waals surface area contributed by atoms with Crippen LogP contribution in [0.15, 0.2) is 66.1 Å². The first-order chi connectivity index (χ1) is 16.2. The number of hydrogen-bond acceptors (Lipinski definition) is 6. The number of hydrogen-bond donors (Lipinski definition) is 1. The van der Waals surface area contributed by atoms with Gasteiger partial charge < -0.3 is 15.1 Å². The third kappa shape index (κ3) is 5.84. The van der Waals surface area contributed by atoms with Crippen LogP contribution in [0.3, 0.4) is 0 Å². The van der Waals surface area contributed by atoms with E-state index in [1.165, 1.54) is 22.1 Å². The minimum Gasteiger partial charge on any atom is -0.373 e. The fourth-order valence-corrected chi connectivity index (χ4v) is 3.96. The van der Waals surface area contributed by atoms with Gasteiger partial charge in [0.15, 0.2) is 0 Å². The predicted octanol–water partition coefficient (Wildman–Crippen LogP) is 4.96. The lowest BCUT2D eigenvalue weighted by Gasteiger charge is -2.33. The summed E-state index contributed by atoms with van der Waals surface area (Å²) >= 11 is 0. The molecule has 0 unspecified atom stereocenters. The summed E-state index contributed by atoms with van der Waals surface area (Å²) in [5.74, 6) is 2.00. The van der Waals surface area contributed by atoms with E-state index in [-0.39, 0.29) is 0 Å². The number of likely N-dealkylation sites (N-methyl/N-ethyl adjacent to an activating group) is 1. The summed E-state index contributed by atoms with van der Waals surface area (Å²) in [6.45, 7) is 6.42. The van der Waals surface area contributed by atoms with E-state index < -0.39 is 0 Å². The van der Waals surface area contributed by atoms with Crippen molar-refractivity contribution < 1.29 is 0 Å². The minimum atomic E-state index is 0.895. The fourth-order valence-electron chi connectivity index (χ4n) is 3.96. The van der Waals surface area contributed by atoms with Crippen molar-refractivity contribution in [3.05, 3.63) is 72.2 Å². The highest BCUT2D eigenvalue weighted by molar-refractivity contribution is 5.90. The molecule has 2 aliphatic heterocycles. The van der Waals surface area contributed by atoms with Crippen LogP contribution in [0.25, 0.3) is 22.4 Å². The van der Waals surface area contributed by atoms with E-state index >= 15 is 0 Å². The number of fused-ring (bicyclic) bond motifs is 1. The Labute approximate surface area is 196 Å². The summed E-state index contributed by atoms with van der Waals surface area (Å²) < 4.78 is 0. The maximum atomic E-state index is 4.44. The largest absolute Gasteiger partial charge is 0.373 e. The zero-order valence-corrected chi connectivity index (χ0v) is 19.7. The van der Waals surface area contributed by atoms with Gasteiger partial charge in [-0.15, -0.1) is 0 Å². The van der Waals surface area contributed by atoms with Crippen molar-refractivity contribution in [2.24, 2.45) is 4.99 Å². The smallest absolute Gasteiger partial charge is 0.129 e. The number of nitrogens with one attached hydrogen (secondary N) is 1. The molecule has 0 spiro atoms. The molecule has 2 aliphatic rings. The van der Waals surface area contributed by atoms with Gasteiger partial charge in [-0.2, -0.15) is 0 Å².